The molecule has 1 amide bonds. The van der Waals surface area contributed by atoms with Crippen LogP contribution in [0.15, 0.2) is 5.11 Å². The predicted octanol–water partition coefficient (Wildman–Crippen LogP) is 2.69. The van der Waals surface area contributed by atoms with Gasteiger partial charge in [-0.25, -0.2) is 4.79 Å². The Morgan fingerprint density at radius 2 is 2.24 bits per heavy atom. The molecule has 2 aliphatic rings. The van der Waals surface area contributed by atoms with Crippen molar-refractivity contribution in [3.8, 4) is 0 Å². The van der Waals surface area contributed by atoms with Crippen LogP contribution >= 0.6 is 0 Å². The number of ether oxygens (including phenoxy) is 1. The lowest BCUT2D eigenvalue weighted by Gasteiger charge is -2.29. The van der Waals surface area contributed by atoms with E-state index in [0.29, 0.717) is 18.5 Å². The molecular weight excluding hydrogens is 220 g/mol. The first-order valence-corrected chi connectivity index (χ1v) is 5.94. The van der Waals surface area contributed by atoms with E-state index in [2.05, 4.69) is 10.0 Å². The molecule has 1 saturated carbocycles. The van der Waals surface area contributed by atoms with Crippen molar-refractivity contribution in [3.63, 3.8) is 0 Å². The molecule has 17 heavy (non-hydrogen) atoms. The molecule has 1 saturated heterocycles. The Morgan fingerprint density at radius 1 is 1.53 bits per heavy atom. The summed E-state index contributed by atoms with van der Waals surface area (Å²) in [6, 6.07) is 0.327. The second kappa shape index (κ2) is 4.11. The predicted molar refractivity (Wildman–Crippen MR) is 62.4 cm³/mol. The summed E-state index contributed by atoms with van der Waals surface area (Å²) in [5.74, 6) is 0.585. The van der Waals surface area contributed by atoms with Gasteiger partial charge in [0.05, 0.1) is 0 Å². The van der Waals surface area contributed by atoms with Gasteiger partial charge in [-0.2, -0.15) is 0 Å². The van der Waals surface area contributed by atoms with Crippen LogP contribution in [-0.4, -0.2) is 35.2 Å². The molecule has 1 heterocycles. The summed E-state index contributed by atoms with van der Waals surface area (Å²) in [6.07, 6.45) is 1.72. The van der Waals surface area contributed by atoms with Crippen LogP contribution in [0.25, 0.3) is 10.4 Å². The molecule has 2 rings (SSSR count). The Labute approximate surface area is 101 Å². The molecule has 94 valence electrons. The number of fused-ring (bicyclic) bond motifs is 1. The number of carbonyl (C=O) groups is 1. The average molecular weight is 238 g/mol. The van der Waals surface area contributed by atoms with E-state index in [1.54, 1.807) is 4.90 Å². The fraction of sp³-hybridized carbons (Fsp3) is 0.909. The summed E-state index contributed by atoms with van der Waals surface area (Å²) in [5.41, 5.74) is 7.86. The summed E-state index contributed by atoms with van der Waals surface area (Å²) in [7, 11) is 0. The van der Waals surface area contributed by atoms with Crippen molar-refractivity contribution in [1.82, 2.24) is 4.90 Å². The molecule has 0 aromatic rings. The maximum atomic E-state index is 12.0. The van der Waals surface area contributed by atoms with Crippen LogP contribution in [0.1, 0.15) is 33.6 Å². The Kier molecular flexibility index (Phi) is 2.91. The summed E-state index contributed by atoms with van der Waals surface area (Å²) in [5, 5.41) is 3.57. The molecule has 1 aliphatic heterocycles. The smallest absolute Gasteiger partial charge is 0.410 e. The van der Waals surface area contributed by atoms with Gasteiger partial charge in [-0.05, 0) is 45.1 Å². The van der Waals surface area contributed by atoms with E-state index in [9.17, 15) is 4.79 Å². The third-order valence-electron chi connectivity index (χ3n) is 3.17. The minimum Gasteiger partial charge on any atom is -0.444 e. The molecule has 3 atom stereocenters. The van der Waals surface area contributed by atoms with Crippen molar-refractivity contribution in [3.05, 3.63) is 10.4 Å². The fourth-order valence-corrected chi connectivity index (χ4v) is 2.45. The summed E-state index contributed by atoms with van der Waals surface area (Å²) in [4.78, 5) is 16.6. The van der Waals surface area contributed by atoms with Crippen LogP contribution < -0.4 is 0 Å². The van der Waals surface area contributed by atoms with E-state index in [-0.39, 0.29) is 12.1 Å². The lowest BCUT2D eigenvalue weighted by atomic mass is 10.2. The minimum atomic E-state index is -0.479. The Hall–Kier alpha value is -1.42. The summed E-state index contributed by atoms with van der Waals surface area (Å²) >= 11 is 0. The van der Waals surface area contributed by atoms with Crippen LogP contribution in [0.5, 0.6) is 0 Å². The SMILES string of the molecule is CC(C)(C)OC(=O)N1C(CN=[N+]=[N-])CC2CC21. The molecule has 0 aromatic carbocycles. The minimum absolute atomic E-state index is 0.0181. The van der Waals surface area contributed by atoms with Crippen molar-refractivity contribution >= 4 is 6.09 Å². The van der Waals surface area contributed by atoms with Gasteiger partial charge in [0.15, 0.2) is 0 Å². The van der Waals surface area contributed by atoms with Gasteiger partial charge in [0.1, 0.15) is 5.60 Å². The van der Waals surface area contributed by atoms with Crippen molar-refractivity contribution in [2.75, 3.05) is 6.54 Å². The number of nitrogens with zero attached hydrogens (tertiary/aromatic N) is 4. The topological polar surface area (TPSA) is 78.3 Å². The number of azide groups is 1. The molecular formula is C11H18N4O2. The van der Waals surface area contributed by atoms with Gasteiger partial charge < -0.3 is 9.64 Å². The fourth-order valence-electron chi connectivity index (χ4n) is 2.45. The normalized spacial score (nSPS) is 30.5. The van der Waals surface area contributed by atoms with E-state index >= 15 is 0 Å². The van der Waals surface area contributed by atoms with Gasteiger partial charge in [-0.1, -0.05) is 5.11 Å². The molecule has 2 fully saturated rings. The van der Waals surface area contributed by atoms with Crippen LogP contribution in [0.3, 0.4) is 0 Å². The molecule has 6 heteroatoms. The second-order valence-electron chi connectivity index (χ2n) is 5.75. The van der Waals surface area contributed by atoms with Gasteiger partial charge in [-0.3, -0.25) is 0 Å². The third kappa shape index (κ3) is 2.64. The number of likely N-dealkylation sites (tertiary alicyclic amines) is 1. The van der Waals surface area contributed by atoms with Gasteiger partial charge in [0, 0.05) is 23.5 Å². The number of hydrogen-bond acceptors (Lipinski definition) is 3. The first kappa shape index (κ1) is 12.0. The van der Waals surface area contributed by atoms with Gasteiger partial charge in [0.2, 0.25) is 0 Å². The van der Waals surface area contributed by atoms with E-state index < -0.39 is 5.60 Å². The maximum absolute atomic E-state index is 12.0. The van der Waals surface area contributed by atoms with Gasteiger partial charge in [0.25, 0.3) is 0 Å². The standard InChI is InChI=1S/C11H18N4O2/c1-11(2,3)17-10(16)15-8(6-13-14-12)4-7-5-9(7)15/h7-9H,4-6H2,1-3H3. The number of piperidine rings is 1. The van der Waals surface area contributed by atoms with E-state index in [0.717, 1.165) is 12.8 Å². The molecule has 0 radical (unpaired) electrons. The van der Waals surface area contributed by atoms with Crippen molar-refractivity contribution in [2.24, 2.45) is 11.0 Å². The molecule has 1 aliphatic carbocycles. The number of amides is 1. The lowest BCUT2D eigenvalue weighted by Crippen LogP contribution is -2.43. The number of carbonyl (C=O) groups excluding carboxylic acids is 1. The van der Waals surface area contributed by atoms with Crippen LogP contribution in [0.4, 0.5) is 4.79 Å². The van der Waals surface area contributed by atoms with Gasteiger partial charge >= 0.3 is 6.09 Å². The Morgan fingerprint density at radius 3 is 2.82 bits per heavy atom. The van der Waals surface area contributed by atoms with E-state index in [4.69, 9.17) is 10.3 Å². The van der Waals surface area contributed by atoms with Crippen molar-refractivity contribution in [2.45, 2.75) is 51.3 Å². The zero-order valence-corrected chi connectivity index (χ0v) is 10.5. The van der Waals surface area contributed by atoms with Crippen LogP contribution in [0, 0.1) is 5.92 Å². The average Bonchev–Trinajstić information content (AvgIpc) is 2.84. The molecule has 0 N–H and O–H groups in total. The number of rotatable bonds is 2. The monoisotopic (exact) mass is 238 g/mol. The molecule has 3 unspecified atom stereocenters. The second-order valence-corrected chi connectivity index (χ2v) is 5.75. The highest BCUT2D eigenvalue weighted by molar-refractivity contribution is 5.70. The third-order valence-corrected chi connectivity index (χ3v) is 3.17. The van der Waals surface area contributed by atoms with Crippen LogP contribution in [-0.2, 0) is 4.74 Å². The Balaban J connectivity index is 2.01. The van der Waals surface area contributed by atoms with Gasteiger partial charge in [-0.15, -0.1) is 0 Å². The first-order valence-electron chi connectivity index (χ1n) is 5.94. The van der Waals surface area contributed by atoms with Crippen molar-refractivity contribution in [1.29, 1.82) is 0 Å². The molecule has 0 bridgehead atoms. The zero-order valence-electron chi connectivity index (χ0n) is 10.5. The lowest BCUT2D eigenvalue weighted by molar-refractivity contribution is 0.0191. The zero-order chi connectivity index (χ0) is 12.6. The van der Waals surface area contributed by atoms with Crippen LogP contribution in [0.2, 0.25) is 0 Å². The highest BCUT2D eigenvalue weighted by atomic mass is 16.6. The maximum Gasteiger partial charge on any atom is 0.410 e. The highest BCUT2D eigenvalue weighted by Crippen LogP contribution is 2.48. The number of hydrogen-bond donors (Lipinski definition) is 0. The Bertz CT molecular complexity index is 370. The van der Waals surface area contributed by atoms with E-state index in [1.807, 2.05) is 20.8 Å². The molecule has 6 nitrogen and oxygen atoms in total. The first-order chi connectivity index (χ1) is 7.92. The molecule has 0 spiro atoms. The quantitative estimate of drug-likeness (QED) is 0.421. The highest BCUT2D eigenvalue weighted by Gasteiger charge is 2.54. The van der Waals surface area contributed by atoms with Crippen molar-refractivity contribution < 1.29 is 9.53 Å². The molecule has 0 aromatic heterocycles. The summed E-state index contributed by atoms with van der Waals surface area (Å²) in [6.45, 7) is 5.91. The van der Waals surface area contributed by atoms with E-state index in [1.165, 1.54) is 0 Å². The summed E-state index contributed by atoms with van der Waals surface area (Å²) < 4.78 is 5.38. The largest absolute Gasteiger partial charge is 0.444 e.